The summed E-state index contributed by atoms with van der Waals surface area (Å²) in [7, 11) is 0. The number of hydrogen-bond acceptors (Lipinski definition) is 8. The second-order valence-corrected chi connectivity index (χ2v) is 8.86. The molecule has 0 aromatic carbocycles. The van der Waals surface area contributed by atoms with Crippen molar-refractivity contribution in [3.05, 3.63) is 73.4 Å². The predicted octanol–water partition coefficient (Wildman–Crippen LogP) is 3.24. The van der Waals surface area contributed by atoms with Crippen molar-refractivity contribution < 1.29 is 9.50 Å². The smallest absolute Gasteiger partial charge is 0.166 e. The summed E-state index contributed by atoms with van der Waals surface area (Å²) in [5.41, 5.74) is 1.28. The van der Waals surface area contributed by atoms with E-state index in [0.717, 1.165) is 16.4 Å². The van der Waals surface area contributed by atoms with Crippen LogP contribution in [0.3, 0.4) is 0 Å². The summed E-state index contributed by atoms with van der Waals surface area (Å²) in [5.74, 6) is -0.307. The average molecular weight is 431 g/mol. The molecule has 0 saturated carbocycles. The van der Waals surface area contributed by atoms with Crippen LogP contribution in [0.25, 0.3) is 0 Å². The Bertz CT molecular complexity index is 1150. The number of aryl methyl sites for hydroxylation is 2. The van der Waals surface area contributed by atoms with Crippen molar-refractivity contribution in [1.82, 2.24) is 29.9 Å². The van der Waals surface area contributed by atoms with Crippen LogP contribution in [-0.2, 0) is 18.6 Å². The van der Waals surface area contributed by atoms with Gasteiger partial charge < -0.3 is 5.11 Å². The summed E-state index contributed by atoms with van der Waals surface area (Å²) >= 11 is 2.73. The second kappa shape index (κ2) is 7.69. The minimum Gasteiger partial charge on any atom is -0.376 e. The zero-order chi connectivity index (χ0) is 20.6. The van der Waals surface area contributed by atoms with E-state index >= 15 is 0 Å². The molecule has 4 rings (SSSR count). The lowest BCUT2D eigenvalue weighted by molar-refractivity contribution is 0.101. The molecule has 0 aliphatic heterocycles. The van der Waals surface area contributed by atoms with Gasteiger partial charge in [0.2, 0.25) is 0 Å². The molecule has 10 heteroatoms. The molecular formula is C19H19FN6OS2. The van der Waals surface area contributed by atoms with Crippen LogP contribution in [-0.4, -0.2) is 35.1 Å². The highest BCUT2D eigenvalue weighted by Gasteiger charge is 2.33. The molecule has 150 valence electrons. The van der Waals surface area contributed by atoms with Crippen molar-refractivity contribution >= 4 is 22.7 Å². The van der Waals surface area contributed by atoms with E-state index in [9.17, 15) is 9.50 Å². The first-order chi connectivity index (χ1) is 13.8. The fourth-order valence-corrected chi connectivity index (χ4v) is 4.62. The molecule has 4 aromatic heterocycles. The molecule has 0 aliphatic rings. The quantitative estimate of drug-likeness (QED) is 0.505. The summed E-state index contributed by atoms with van der Waals surface area (Å²) in [5, 5.41) is 27.4. The molecule has 7 nitrogen and oxygen atoms in total. The van der Waals surface area contributed by atoms with E-state index < -0.39 is 5.60 Å². The molecule has 0 fully saturated rings. The van der Waals surface area contributed by atoms with E-state index in [2.05, 4.69) is 25.3 Å². The number of halogens is 1. The van der Waals surface area contributed by atoms with Crippen LogP contribution in [0.5, 0.6) is 0 Å². The monoisotopic (exact) mass is 430 g/mol. The molecule has 0 radical (unpaired) electrons. The Morgan fingerprint density at radius 1 is 1.21 bits per heavy atom. The SMILES string of the molecule is Cc1csc(C(C)(O)c2nnc(Cc3ccn(Cc4nccc(C)c4F)n3)s2)n1. The van der Waals surface area contributed by atoms with E-state index in [0.29, 0.717) is 27.7 Å². The molecule has 0 amide bonds. The molecule has 0 aliphatic carbocycles. The Labute approximate surface area is 174 Å². The standard InChI is InChI=1S/C19H19FN6OS2/c1-11-4-6-21-14(16(11)20)9-26-7-5-13(25-26)8-15-23-24-18(29-15)19(3,27)17-22-12(2)10-28-17/h4-7,10,27H,8-9H2,1-3H3. The van der Waals surface area contributed by atoms with E-state index in [1.807, 2.05) is 18.4 Å². The molecule has 29 heavy (non-hydrogen) atoms. The van der Waals surface area contributed by atoms with Gasteiger partial charge in [0.15, 0.2) is 10.6 Å². The van der Waals surface area contributed by atoms with Gasteiger partial charge in [0.05, 0.1) is 17.9 Å². The molecule has 0 spiro atoms. The number of aliphatic hydroxyl groups is 1. The zero-order valence-electron chi connectivity index (χ0n) is 16.1. The Kier molecular flexibility index (Phi) is 5.24. The maximum atomic E-state index is 14.1. The third-order valence-corrected chi connectivity index (χ3v) is 6.72. The fourth-order valence-electron chi connectivity index (χ4n) is 2.79. The van der Waals surface area contributed by atoms with E-state index in [1.165, 1.54) is 22.7 Å². The van der Waals surface area contributed by atoms with E-state index in [4.69, 9.17) is 0 Å². The van der Waals surface area contributed by atoms with Crippen molar-refractivity contribution in [3.63, 3.8) is 0 Å². The molecule has 1 unspecified atom stereocenters. The maximum absolute atomic E-state index is 14.1. The van der Waals surface area contributed by atoms with E-state index in [-0.39, 0.29) is 12.4 Å². The Hall–Kier alpha value is -2.56. The number of hydrogen-bond donors (Lipinski definition) is 1. The van der Waals surface area contributed by atoms with Gasteiger partial charge in [-0.05, 0) is 38.5 Å². The average Bonchev–Trinajstić information content (AvgIpc) is 3.41. The Balaban J connectivity index is 1.48. The van der Waals surface area contributed by atoms with Gasteiger partial charge >= 0.3 is 0 Å². The third-order valence-electron chi connectivity index (χ3n) is 4.41. The van der Waals surface area contributed by atoms with E-state index in [1.54, 1.807) is 37.0 Å². The molecule has 0 saturated heterocycles. The minimum atomic E-state index is -1.28. The van der Waals surface area contributed by atoms with Crippen LogP contribution in [0.1, 0.15) is 44.6 Å². The lowest BCUT2D eigenvalue weighted by atomic mass is 10.1. The lowest BCUT2D eigenvalue weighted by Crippen LogP contribution is -2.22. The molecule has 1 atom stereocenters. The summed E-state index contributed by atoms with van der Waals surface area (Å²) < 4.78 is 15.8. The van der Waals surface area contributed by atoms with Gasteiger partial charge in [-0.25, -0.2) is 9.37 Å². The van der Waals surface area contributed by atoms with Crippen LogP contribution in [0.4, 0.5) is 4.39 Å². The van der Waals surface area contributed by atoms with Gasteiger partial charge in [0, 0.05) is 29.9 Å². The third kappa shape index (κ3) is 4.09. The van der Waals surface area contributed by atoms with Gasteiger partial charge in [-0.2, -0.15) is 5.10 Å². The van der Waals surface area contributed by atoms with Crippen LogP contribution in [0.15, 0.2) is 29.9 Å². The minimum absolute atomic E-state index is 0.257. The predicted molar refractivity (Wildman–Crippen MR) is 108 cm³/mol. The van der Waals surface area contributed by atoms with Gasteiger partial charge in [-0.15, -0.1) is 21.5 Å². The largest absolute Gasteiger partial charge is 0.376 e. The molecule has 0 bridgehead atoms. The van der Waals surface area contributed by atoms with Gasteiger partial charge in [-0.1, -0.05) is 11.3 Å². The first-order valence-electron chi connectivity index (χ1n) is 8.93. The maximum Gasteiger partial charge on any atom is 0.166 e. The number of nitrogens with zero attached hydrogens (tertiary/aromatic N) is 6. The molecule has 4 heterocycles. The highest BCUT2D eigenvalue weighted by Crippen LogP contribution is 2.33. The highest BCUT2D eigenvalue weighted by molar-refractivity contribution is 7.12. The lowest BCUT2D eigenvalue weighted by Gasteiger charge is -2.16. The topological polar surface area (TPSA) is 89.6 Å². The van der Waals surface area contributed by atoms with Crippen molar-refractivity contribution in [2.75, 3.05) is 0 Å². The van der Waals surface area contributed by atoms with Crippen LogP contribution in [0, 0.1) is 19.7 Å². The first-order valence-corrected chi connectivity index (χ1v) is 10.6. The zero-order valence-corrected chi connectivity index (χ0v) is 17.8. The summed E-state index contributed by atoms with van der Waals surface area (Å²) in [6.07, 6.45) is 3.85. The normalized spacial score (nSPS) is 13.6. The Morgan fingerprint density at radius 3 is 2.79 bits per heavy atom. The summed E-state index contributed by atoms with van der Waals surface area (Å²) in [6, 6.07) is 3.50. The number of aromatic nitrogens is 6. The molecule has 4 aromatic rings. The summed E-state index contributed by atoms with van der Waals surface area (Å²) in [6.45, 7) is 5.53. The Morgan fingerprint density at radius 2 is 2.03 bits per heavy atom. The molecular weight excluding hydrogens is 411 g/mol. The van der Waals surface area contributed by atoms with Crippen molar-refractivity contribution in [3.8, 4) is 0 Å². The number of thiazole rings is 1. The van der Waals surface area contributed by atoms with Crippen LogP contribution < -0.4 is 0 Å². The van der Waals surface area contributed by atoms with Crippen LogP contribution in [0.2, 0.25) is 0 Å². The van der Waals surface area contributed by atoms with Gasteiger partial charge in [0.25, 0.3) is 0 Å². The van der Waals surface area contributed by atoms with Crippen LogP contribution >= 0.6 is 22.7 Å². The van der Waals surface area contributed by atoms with Crippen molar-refractivity contribution in [1.29, 1.82) is 0 Å². The fraction of sp³-hybridized carbons (Fsp3) is 0.316. The first kappa shape index (κ1) is 19.7. The van der Waals surface area contributed by atoms with Gasteiger partial charge in [0.1, 0.15) is 15.8 Å². The summed E-state index contributed by atoms with van der Waals surface area (Å²) in [4.78, 5) is 8.46. The number of pyridine rings is 1. The number of rotatable bonds is 6. The van der Waals surface area contributed by atoms with Crippen molar-refractivity contribution in [2.24, 2.45) is 0 Å². The van der Waals surface area contributed by atoms with Gasteiger partial charge in [-0.3, -0.25) is 9.67 Å². The second-order valence-electron chi connectivity index (χ2n) is 6.94. The highest BCUT2D eigenvalue weighted by atomic mass is 32.1. The van der Waals surface area contributed by atoms with Crippen molar-refractivity contribution in [2.45, 2.75) is 39.3 Å². The molecule has 1 N–H and O–H groups in total.